The summed E-state index contributed by atoms with van der Waals surface area (Å²) in [5.41, 5.74) is 7.53. The molecule has 0 unspecified atom stereocenters. The highest BCUT2D eigenvalue weighted by atomic mass is 32.1. The first-order valence-electron chi connectivity index (χ1n) is 7.89. The van der Waals surface area contributed by atoms with Crippen molar-refractivity contribution < 1.29 is 14.3 Å². The van der Waals surface area contributed by atoms with E-state index in [1.165, 1.54) is 11.3 Å². The van der Waals surface area contributed by atoms with Gasteiger partial charge in [0, 0.05) is 10.4 Å². The zero-order valence-corrected chi connectivity index (χ0v) is 14.5. The van der Waals surface area contributed by atoms with Gasteiger partial charge in [0.1, 0.15) is 10.8 Å². The fraction of sp³-hybridized carbons (Fsp3) is 0.333. The van der Waals surface area contributed by atoms with Crippen molar-refractivity contribution in [2.45, 2.75) is 26.2 Å². The van der Waals surface area contributed by atoms with Crippen LogP contribution in [0, 0.1) is 5.92 Å². The molecule has 1 heterocycles. The molecule has 1 aromatic carbocycles. The Morgan fingerprint density at radius 1 is 1.38 bits per heavy atom. The second-order valence-electron chi connectivity index (χ2n) is 6.11. The van der Waals surface area contributed by atoms with Crippen LogP contribution in [0.2, 0.25) is 0 Å². The zero-order valence-electron chi connectivity index (χ0n) is 13.7. The molecular formula is C18H20N2O3S. The molecule has 2 amide bonds. The lowest BCUT2D eigenvalue weighted by Gasteiger charge is -2.18. The number of carbonyl (C=O) groups is 2. The molecule has 3 N–H and O–H groups in total. The molecule has 0 radical (unpaired) electrons. The average molecular weight is 344 g/mol. The van der Waals surface area contributed by atoms with Gasteiger partial charge in [0.2, 0.25) is 0 Å². The number of nitrogens with two attached hydrogens (primary N) is 1. The molecule has 0 aliphatic heterocycles. The molecule has 3 rings (SSSR count). The number of nitrogens with one attached hydrogen (secondary N) is 1. The van der Waals surface area contributed by atoms with Crippen LogP contribution < -0.4 is 15.8 Å². The molecular weight excluding hydrogens is 324 g/mol. The van der Waals surface area contributed by atoms with Gasteiger partial charge in [-0.2, -0.15) is 0 Å². The predicted molar refractivity (Wildman–Crippen MR) is 95.0 cm³/mol. The van der Waals surface area contributed by atoms with Crippen LogP contribution in [-0.4, -0.2) is 18.9 Å². The van der Waals surface area contributed by atoms with Gasteiger partial charge >= 0.3 is 0 Å². The Bertz CT molecular complexity index is 798. The second kappa shape index (κ2) is 6.65. The molecule has 0 bridgehead atoms. The van der Waals surface area contributed by atoms with E-state index in [0.717, 1.165) is 29.7 Å². The predicted octanol–water partition coefficient (Wildman–Crippen LogP) is 3.23. The minimum absolute atomic E-state index is 0.275. The number of rotatable bonds is 4. The number of amides is 2. The molecule has 126 valence electrons. The number of hydrogen-bond donors (Lipinski definition) is 2. The fourth-order valence-electron chi connectivity index (χ4n) is 3.04. The largest absolute Gasteiger partial charge is 0.497 e. The SMILES string of the molecule is COc1cccc(C(=O)Nc2sc3c(c2C(N)=O)CC[C@@H](C)C3)c1. The first-order chi connectivity index (χ1) is 11.5. The molecule has 24 heavy (non-hydrogen) atoms. The summed E-state index contributed by atoms with van der Waals surface area (Å²) in [7, 11) is 1.55. The third-order valence-corrected chi connectivity index (χ3v) is 5.49. The Morgan fingerprint density at radius 3 is 2.88 bits per heavy atom. The number of primary amides is 1. The Balaban J connectivity index is 1.92. The minimum atomic E-state index is -0.483. The molecule has 1 aromatic heterocycles. The summed E-state index contributed by atoms with van der Waals surface area (Å²) in [6.45, 7) is 2.20. The van der Waals surface area contributed by atoms with Crippen LogP contribution in [-0.2, 0) is 12.8 Å². The summed E-state index contributed by atoms with van der Waals surface area (Å²) in [4.78, 5) is 25.6. The lowest BCUT2D eigenvalue weighted by molar-refractivity contribution is 0.1000. The molecule has 2 aromatic rings. The van der Waals surface area contributed by atoms with Gasteiger partial charge in [0.25, 0.3) is 11.8 Å². The zero-order chi connectivity index (χ0) is 17.3. The second-order valence-corrected chi connectivity index (χ2v) is 7.21. The summed E-state index contributed by atoms with van der Waals surface area (Å²) in [6, 6.07) is 6.90. The third kappa shape index (κ3) is 3.14. The summed E-state index contributed by atoms with van der Waals surface area (Å²) >= 11 is 1.46. The summed E-state index contributed by atoms with van der Waals surface area (Å²) in [6.07, 6.45) is 2.79. The smallest absolute Gasteiger partial charge is 0.256 e. The lowest BCUT2D eigenvalue weighted by atomic mass is 9.88. The summed E-state index contributed by atoms with van der Waals surface area (Å²) in [5.74, 6) is 0.432. The van der Waals surface area contributed by atoms with Crippen molar-refractivity contribution in [3.8, 4) is 5.75 Å². The van der Waals surface area contributed by atoms with Crippen LogP contribution in [0.4, 0.5) is 5.00 Å². The van der Waals surface area contributed by atoms with Gasteiger partial charge in [0.05, 0.1) is 12.7 Å². The van der Waals surface area contributed by atoms with Crippen molar-refractivity contribution >= 4 is 28.2 Å². The number of methoxy groups -OCH3 is 1. The van der Waals surface area contributed by atoms with E-state index < -0.39 is 5.91 Å². The van der Waals surface area contributed by atoms with Gasteiger partial charge < -0.3 is 15.8 Å². The molecule has 1 aliphatic carbocycles. The fourth-order valence-corrected chi connectivity index (χ4v) is 4.45. The first kappa shape index (κ1) is 16.5. The number of thiophene rings is 1. The van der Waals surface area contributed by atoms with Crippen molar-refractivity contribution in [3.05, 3.63) is 45.8 Å². The number of anilines is 1. The lowest BCUT2D eigenvalue weighted by Crippen LogP contribution is -2.19. The average Bonchev–Trinajstić information content (AvgIpc) is 2.91. The monoisotopic (exact) mass is 344 g/mol. The van der Waals surface area contributed by atoms with Gasteiger partial charge in [-0.15, -0.1) is 11.3 Å². The third-order valence-electron chi connectivity index (χ3n) is 4.32. The molecule has 1 aliphatic rings. The van der Waals surface area contributed by atoms with E-state index in [9.17, 15) is 9.59 Å². The quantitative estimate of drug-likeness (QED) is 0.893. The van der Waals surface area contributed by atoms with Crippen molar-refractivity contribution in [3.63, 3.8) is 0 Å². The molecule has 0 saturated heterocycles. The molecule has 5 nitrogen and oxygen atoms in total. The Kier molecular flexibility index (Phi) is 4.57. The number of carbonyl (C=O) groups excluding carboxylic acids is 2. The van der Waals surface area contributed by atoms with E-state index >= 15 is 0 Å². The van der Waals surface area contributed by atoms with Gasteiger partial charge in [0.15, 0.2) is 0 Å². The van der Waals surface area contributed by atoms with Crippen LogP contribution in [0.25, 0.3) is 0 Å². The normalized spacial score (nSPS) is 16.3. The van der Waals surface area contributed by atoms with E-state index in [-0.39, 0.29) is 5.91 Å². The number of hydrogen-bond acceptors (Lipinski definition) is 4. The van der Waals surface area contributed by atoms with Gasteiger partial charge in [-0.05, 0) is 48.9 Å². The summed E-state index contributed by atoms with van der Waals surface area (Å²) in [5, 5.41) is 3.41. The van der Waals surface area contributed by atoms with E-state index in [2.05, 4.69) is 12.2 Å². The van der Waals surface area contributed by atoms with Crippen LogP contribution in [0.1, 0.15) is 44.5 Å². The molecule has 6 heteroatoms. The van der Waals surface area contributed by atoms with Gasteiger partial charge in [-0.25, -0.2) is 0 Å². The van der Waals surface area contributed by atoms with Crippen molar-refractivity contribution in [1.29, 1.82) is 0 Å². The van der Waals surface area contributed by atoms with E-state index in [1.54, 1.807) is 31.4 Å². The number of benzene rings is 1. The summed E-state index contributed by atoms with van der Waals surface area (Å²) < 4.78 is 5.14. The Hall–Kier alpha value is -2.34. The van der Waals surface area contributed by atoms with Crippen molar-refractivity contribution in [2.75, 3.05) is 12.4 Å². The minimum Gasteiger partial charge on any atom is -0.497 e. The van der Waals surface area contributed by atoms with Gasteiger partial charge in [-0.3, -0.25) is 9.59 Å². The number of ether oxygens (including phenoxy) is 1. The Labute approximate surface area is 144 Å². The van der Waals surface area contributed by atoms with Crippen LogP contribution >= 0.6 is 11.3 Å². The number of fused-ring (bicyclic) bond motifs is 1. The molecule has 1 atom stereocenters. The maximum Gasteiger partial charge on any atom is 0.256 e. The van der Waals surface area contributed by atoms with E-state index in [4.69, 9.17) is 10.5 Å². The van der Waals surface area contributed by atoms with E-state index in [1.807, 2.05) is 0 Å². The molecule has 0 saturated carbocycles. The highest BCUT2D eigenvalue weighted by molar-refractivity contribution is 7.17. The van der Waals surface area contributed by atoms with Crippen molar-refractivity contribution in [1.82, 2.24) is 0 Å². The first-order valence-corrected chi connectivity index (χ1v) is 8.71. The highest BCUT2D eigenvalue weighted by Gasteiger charge is 2.27. The van der Waals surface area contributed by atoms with Crippen LogP contribution in [0.5, 0.6) is 5.75 Å². The maximum atomic E-state index is 12.5. The Morgan fingerprint density at radius 2 is 2.17 bits per heavy atom. The topological polar surface area (TPSA) is 81.4 Å². The van der Waals surface area contributed by atoms with Crippen molar-refractivity contribution in [2.24, 2.45) is 11.7 Å². The highest BCUT2D eigenvalue weighted by Crippen LogP contribution is 2.39. The molecule has 0 spiro atoms. The van der Waals surface area contributed by atoms with Crippen LogP contribution in [0.3, 0.4) is 0 Å². The van der Waals surface area contributed by atoms with E-state index in [0.29, 0.717) is 27.8 Å². The molecule has 0 fully saturated rings. The maximum absolute atomic E-state index is 12.5. The van der Waals surface area contributed by atoms with Gasteiger partial charge in [-0.1, -0.05) is 13.0 Å². The standard InChI is InChI=1S/C18H20N2O3S/c1-10-6-7-13-14(8-10)24-18(15(13)16(19)21)20-17(22)11-4-3-5-12(9-11)23-2/h3-5,9-10H,6-8H2,1-2H3,(H2,19,21)(H,20,22)/t10-/m1/s1. The van der Waals surface area contributed by atoms with Crippen LogP contribution in [0.15, 0.2) is 24.3 Å².